The summed E-state index contributed by atoms with van der Waals surface area (Å²) in [5.74, 6) is -1.53. The van der Waals surface area contributed by atoms with Crippen LogP contribution in [-0.4, -0.2) is 26.4 Å². The lowest BCUT2D eigenvalue weighted by Gasteiger charge is -2.07. The van der Waals surface area contributed by atoms with E-state index in [1.54, 1.807) is 11.6 Å². The van der Waals surface area contributed by atoms with Gasteiger partial charge in [0.1, 0.15) is 17.3 Å². The second kappa shape index (κ2) is 7.65. The van der Waals surface area contributed by atoms with Crippen molar-refractivity contribution in [2.75, 3.05) is 11.1 Å². The van der Waals surface area contributed by atoms with Crippen LogP contribution in [0.4, 0.5) is 14.5 Å². The Morgan fingerprint density at radius 1 is 1.12 bits per heavy atom. The summed E-state index contributed by atoms with van der Waals surface area (Å²) in [7, 11) is 1.80. The monoisotopic (exact) mass is 374 g/mol. The fourth-order valence-electron chi connectivity index (χ4n) is 2.32. The van der Waals surface area contributed by atoms with Crippen LogP contribution in [0.1, 0.15) is 5.56 Å². The number of hydrogen-bond donors (Lipinski definition) is 1. The van der Waals surface area contributed by atoms with Crippen LogP contribution in [0.25, 0.3) is 11.4 Å². The predicted octanol–water partition coefficient (Wildman–Crippen LogP) is 3.80. The Balaban J connectivity index is 1.67. The van der Waals surface area contributed by atoms with Gasteiger partial charge in [0.2, 0.25) is 5.91 Å². The smallest absolute Gasteiger partial charge is 0.235 e. The molecule has 0 radical (unpaired) electrons. The minimum atomic E-state index is -0.816. The van der Waals surface area contributed by atoms with Gasteiger partial charge in [-0.05, 0) is 19.1 Å². The van der Waals surface area contributed by atoms with E-state index in [9.17, 15) is 13.6 Å². The number of aromatic nitrogens is 3. The van der Waals surface area contributed by atoms with Crippen molar-refractivity contribution >= 4 is 23.4 Å². The number of nitrogens with one attached hydrogen (secondary N) is 1. The fraction of sp³-hybridized carbons (Fsp3) is 0.167. The molecule has 5 nitrogen and oxygen atoms in total. The molecule has 0 spiro atoms. The summed E-state index contributed by atoms with van der Waals surface area (Å²) in [5, 5.41) is 11.0. The zero-order valence-electron chi connectivity index (χ0n) is 14.2. The van der Waals surface area contributed by atoms with E-state index in [0.717, 1.165) is 35.0 Å². The predicted molar refractivity (Wildman–Crippen MR) is 96.9 cm³/mol. The maximum absolute atomic E-state index is 13.6. The molecule has 26 heavy (non-hydrogen) atoms. The largest absolute Gasteiger partial charge is 0.320 e. The molecule has 0 saturated carbocycles. The van der Waals surface area contributed by atoms with Gasteiger partial charge in [-0.25, -0.2) is 8.78 Å². The molecule has 0 bridgehead atoms. The molecular weight excluding hydrogens is 358 g/mol. The van der Waals surface area contributed by atoms with Crippen LogP contribution in [0.2, 0.25) is 0 Å². The normalized spacial score (nSPS) is 10.8. The summed E-state index contributed by atoms with van der Waals surface area (Å²) >= 11 is 1.14. The second-order valence-corrected chi connectivity index (χ2v) is 6.61. The van der Waals surface area contributed by atoms with Crippen molar-refractivity contribution in [3.63, 3.8) is 0 Å². The van der Waals surface area contributed by atoms with Crippen LogP contribution >= 0.6 is 11.8 Å². The molecule has 0 aliphatic heterocycles. The van der Waals surface area contributed by atoms with E-state index in [1.807, 2.05) is 31.2 Å². The first kappa shape index (κ1) is 18.1. The summed E-state index contributed by atoms with van der Waals surface area (Å²) in [6.07, 6.45) is 0. The molecule has 2 aromatic carbocycles. The van der Waals surface area contributed by atoms with Crippen molar-refractivity contribution in [3.05, 3.63) is 59.7 Å². The van der Waals surface area contributed by atoms with Crippen molar-refractivity contribution < 1.29 is 13.6 Å². The van der Waals surface area contributed by atoms with Gasteiger partial charge in [0.05, 0.1) is 5.75 Å². The molecule has 1 N–H and O–H groups in total. The fourth-order valence-corrected chi connectivity index (χ4v) is 3.03. The number of para-hydroxylation sites is 1. The molecule has 0 aliphatic rings. The number of aryl methyl sites for hydroxylation is 1. The van der Waals surface area contributed by atoms with E-state index < -0.39 is 23.2 Å². The summed E-state index contributed by atoms with van der Waals surface area (Å²) in [6, 6.07) is 11.3. The average molecular weight is 374 g/mol. The van der Waals surface area contributed by atoms with E-state index in [0.29, 0.717) is 11.0 Å². The van der Waals surface area contributed by atoms with Crippen LogP contribution < -0.4 is 5.32 Å². The molecular formula is C18H16F2N4OS. The first-order valence-electron chi connectivity index (χ1n) is 7.79. The molecule has 134 valence electrons. The van der Waals surface area contributed by atoms with E-state index in [4.69, 9.17) is 0 Å². The zero-order chi connectivity index (χ0) is 18.7. The van der Waals surface area contributed by atoms with Crippen LogP contribution in [-0.2, 0) is 11.8 Å². The molecule has 1 amide bonds. The second-order valence-electron chi connectivity index (χ2n) is 5.66. The first-order chi connectivity index (χ1) is 12.5. The number of benzene rings is 2. The lowest BCUT2D eigenvalue weighted by molar-refractivity contribution is -0.113. The Bertz CT molecular complexity index is 921. The summed E-state index contributed by atoms with van der Waals surface area (Å²) in [4.78, 5) is 12.0. The Kier molecular flexibility index (Phi) is 5.32. The summed E-state index contributed by atoms with van der Waals surface area (Å²) in [5.41, 5.74) is 1.61. The van der Waals surface area contributed by atoms with Crippen molar-refractivity contribution in [2.24, 2.45) is 7.05 Å². The van der Waals surface area contributed by atoms with Gasteiger partial charge < -0.3 is 9.88 Å². The number of nitrogens with zero attached hydrogens (tertiary/aromatic N) is 3. The van der Waals surface area contributed by atoms with Gasteiger partial charge in [-0.1, -0.05) is 47.7 Å². The van der Waals surface area contributed by atoms with E-state index in [1.165, 1.54) is 6.07 Å². The minimum absolute atomic E-state index is 0.0480. The van der Waals surface area contributed by atoms with Gasteiger partial charge in [0.25, 0.3) is 0 Å². The standard InChI is InChI=1S/C18H16F2N4OS/c1-11-6-8-12(9-7-11)17-22-23-18(24(17)2)26-10-15(25)21-16-13(19)4-3-5-14(16)20/h3-9H,10H2,1-2H3,(H,21,25). The van der Waals surface area contributed by atoms with Crippen molar-refractivity contribution in [2.45, 2.75) is 12.1 Å². The third kappa shape index (κ3) is 3.91. The number of halogens is 2. The molecule has 1 heterocycles. The van der Waals surface area contributed by atoms with E-state index in [2.05, 4.69) is 15.5 Å². The number of carbonyl (C=O) groups excluding carboxylic acids is 1. The number of anilines is 1. The van der Waals surface area contributed by atoms with Gasteiger partial charge in [0, 0.05) is 12.6 Å². The summed E-state index contributed by atoms with van der Waals surface area (Å²) in [6.45, 7) is 2.00. The zero-order valence-corrected chi connectivity index (χ0v) is 15.0. The highest BCUT2D eigenvalue weighted by molar-refractivity contribution is 7.99. The molecule has 0 unspecified atom stereocenters. The molecule has 8 heteroatoms. The van der Waals surface area contributed by atoms with E-state index >= 15 is 0 Å². The average Bonchev–Trinajstić information content (AvgIpc) is 2.98. The quantitative estimate of drug-likeness (QED) is 0.690. The Labute approximate surface area is 153 Å². The van der Waals surface area contributed by atoms with Crippen LogP contribution in [0, 0.1) is 18.6 Å². The number of amides is 1. The highest BCUT2D eigenvalue weighted by Crippen LogP contribution is 2.24. The molecule has 0 fully saturated rings. The van der Waals surface area contributed by atoms with E-state index in [-0.39, 0.29) is 5.75 Å². The molecule has 0 atom stereocenters. The number of hydrogen-bond acceptors (Lipinski definition) is 4. The van der Waals surface area contributed by atoms with Gasteiger partial charge in [-0.15, -0.1) is 10.2 Å². The Morgan fingerprint density at radius 2 is 1.77 bits per heavy atom. The van der Waals surface area contributed by atoms with Crippen LogP contribution in [0.15, 0.2) is 47.6 Å². The van der Waals surface area contributed by atoms with Crippen molar-refractivity contribution in [1.82, 2.24) is 14.8 Å². The maximum Gasteiger partial charge on any atom is 0.235 e. The topological polar surface area (TPSA) is 59.8 Å². The summed E-state index contributed by atoms with van der Waals surface area (Å²) < 4.78 is 28.9. The number of carbonyl (C=O) groups is 1. The van der Waals surface area contributed by atoms with Gasteiger partial charge in [-0.3, -0.25) is 4.79 Å². The molecule has 3 aromatic rings. The Hall–Kier alpha value is -2.74. The maximum atomic E-state index is 13.6. The molecule has 3 rings (SSSR count). The number of thioether (sulfide) groups is 1. The van der Waals surface area contributed by atoms with Crippen LogP contribution in [0.3, 0.4) is 0 Å². The van der Waals surface area contributed by atoms with Gasteiger partial charge >= 0.3 is 0 Å². The molecule has 1 aromatic heterocycles. The number of rotatable bonds is 5. The Morgan fingerprint density at radius 3 is 2.42 bits per heavy atom. The highest BCUT2D eigenvalue weighted by Gasteiger charge is 2.15. The lowest BCUT2D eigenvalue weighted by Crippen LogP contribution is -2.16. The van der Waals surface area contributed by atoms with Gasteiger partial charge in [0.15, 0.2) is 11.0 Å². The van der Waals surface area contributed by atoms with Crippen LogP contribution in [0.5, 0.6) is 0 Å². The SMILES string of the molecule is Cc1ccc(-c2nnc(SCC(=O)Nc3c(F)cccc3F)n2C)cc1. The molecule has 0 aliphatic carbocycles. The minimum Gasteiger partial charge on any atom is -0.320 e. The third-order valence-corrected chi connectivity index (χ3v) is 4.72. The van der Waals surface area contributed by atoms with Gasteiger partial charge in [-0.2, -0.15) is 0 Å². The lowest BCUT2D eigenvalue weighted by atomic mass is 10.1. The van der Waals surface area contributed by atoms with Crippen molar-refractivity contribution in [1.29, 1.82) is 0 Å². The van der Waals surface area contributed by atoms with Crippen molar-refractivity contribution in [3.8, 4) is 11.4 Å². The highest BCUT2D eigenvalue weighted by atomic mass is 32.2. The molecule has 0 saturated heterocycles. The third-order valence-electron chi connectivity index (χ3n) is 3.70. The first-order valence-corrected chi connectivity index (χ1v) is 8.77.